The Kier molecular flexibility index (Phi) is 23.9. The molecule has 0 aromatic heterocycles. The quantitative estimate of drug-likeness (QED) is 0.0423. The molecule has 0 spiro atoms. The van der Waals surface area contributed by atoms with Gasteiger partial charge in [0.05, 0.1) is 53.8 Å². The van der Waals surface area contributed by atoms with Crippen molar-refractivity contribution in [2.75, 3.05) is 34.4 Å². The fourth-order valence-corrected chi connectivity index (χ4v) is 11.7. The number of rotatable bonds is 18. The van der Waals surface area contributed by atoms with Gasteiger partial charge in [-0.3, -0.25) is 15.0 Å². The van der Waals surface area contributed by atoms with Crippen LogP contribution in [-0.4, -0.2) is 163 Å². The van der Waals surface area contributed by atoms with E-state index in [0.717, 1.165) is 25.7 Å². The second-order valence-electron chi connectivity index (χ2n) is 22.4. The van der Waals surface area contributed by atoms with Gasteiger partial charge in [0.25, 0.3) is 0 Å². The van der Waals surface area contributed by atoms with Crippen LogP contribution in [0.5, 0.6) is 0 Å². The first kappa shape index (κ1) is 61.8. The van der Waals surface area contributed by atoms with Crippen molar-refractivity contribution in [3.8, 4) is 0 Å². The van der Waals surface area contributed by atoms with Crippen LogP contribution in [0.1, 0.15) is 167 Å². The molecule has 72 heavy (non-hydrogen) atoms. The lowest BCUT2D eigenvalue weighted by Gasteiger charge is -2.49. The van der Waals surface area contributed by atoms with Crippen LogP contribution in [0.2, 0.25) is 0 Å². The molecule has 1 unspecified atom stereocenters. The zero-order valence-corrected chi connectivity index (χ0v) is 46.5. The van der Waals surface area contributed by atoms with E-state index >= 15 is 0 Å². The smallest absolute Gasteiger partial charge is 0.422 e. The van der Waals surface area contributed by atoms with Crippen LogP contribution in [-0.2, 0) is 52.3 Å². The van der Waals surface area contributed by atoms with Crippen molar-refractivity contribution in [3.63, 3.8) is 0 Å². The van der Waals surface area contributed by atoms with Gasteiger partial charge in [-0.05, 0) is 100 Å². The average molecular weight is 1030 g/mol. The van der Waals surface area contributed by atoms with Crippen molar-refractivity contribution >= 4 is 23.7 Å². The number of amides is 1. The van der Waals surface area contributed by atoms with Gasteiger partial charge in [-0.15, -0.1) is 0 Å². The van der Waals surface area contributed by atoms with Gasteiger partial charge in [0.15, 0.2) is 24.8 Å². The number of nitrogens with one attached hydrogen (secondary N) is 2. The Morgan fingerprint density at radius 1 is 0.889 bits per heavy atom. The van der Waals surface area contributed by atoms with Gasteiger partial charge in [0.1, 0.15) is 23.9 Å². The number of likely N-dealkylation sites (N-methyl/N-ethyl adjacent to an activating group) is 1. The second-order valence-corrected chi connectivity index (χ2v) is 22.4. The van der Waals surface area contributed by atoms with Crippen LogP contribution in [0.15, 0.2) is 5.16 Å². The number of nitrogens with zero attached hydrogens (tertiary/aromatic N) is 2. The Bertz CT molecular complexity index is 1710. The van der Waals surface area contributed by atoms with Crippen molar-refractivity contribution in [1.29, 1.82) is 0 Å². The molecule has 0 aromatic rings. The van der Waals surface area contributed by atoms with E-state index < -0.39 is 114 Å². The highest BCUT2D eigenvalue weighted by molar-refractivity contribution is 5.88. The van der Waals surface area contributed by atoms with Crippen LogP contribution < -0.4 is 10.9 Å². The lowest BCUT2D eigenvalue weighted by Crippen LogP contribution is -2.62. The molecule has 3 aliphatic heterocycles. The SMILES string of the molecule is CCCCNNC(=O)O[C@H]1[C@H](O[C@@H]2[C@@H](C)[C@H](O[C@H]3C[C@@](C)(OC)[C@@H](OC(C)=O)[C@H](C)O3)[C@@H](C)C(=O)O[C@@H](CC)[C@@](C)(O)[C@H](O)[C@H](C)/C(=N/OCCCC3CCCCC3)[C@H](C)CC2(C)O)O[C@H](C)C[C@@H]1N(C)C. The standard InChI is InChI=1S/C53H96N4O15/c1-16-18-26-54-55-50(61)71-44-39(57(13)14)28-32(4)66-49(44)72-46-34(6)43(70-41-30-52(11,64-15)47(36(8)67-41)68-37(9)58)35(7)48(60)69-40(17-2)53(12,63)45(59)33(5)42(31(3)29-51(46,10)62)56-65-27-22-25-38-23-20-19-21-24-38/h31-36,38-41,43-47,49,54,59,62-63H,16-30H2,1-15H3,(H,55,61)/b56-42+/t31-,32-,33-,34+,35-,36+,39+,40+,41+,43+,44-,45-,46-,47+,49+,51?,52-,53-/m1/s1. The summed E-state index contributed by atoms with van der Waals surface area (Å²) in [5, 5.41) is 42.3. The van der Waals surface area contributed by atoms with Crippen LogP contribution in [0.3, 0.4) is 0 Å². The van der Waals surface area contributed by atoms with Crippen molar-refractivity contribution < 1.29 is 72.4 Å². The minimum atomic E-state index is -1.97. The molecule has 0 radical (unpaired) electrons. The van der Waals surface area contributed by atoms with E-state index in [9.17, 15) is 29.7 Å². The molecule has 1 amide bonds. The van der Waals surface area contributed by atoms with Crippen LogP contribution >= 0.6 is 0 Å². The Balaban J connectivity index is 1.87. The molecule has 4 aliphatic rings. The minimum Gasteiger partial charge on any atom is -0.459 e. The number of carbonyl (C=O) groups is 3. The number of oxime groups is 1. The first-order valence-electron chi connectivity index (χ1n) is 27.0. The third kappa shape index (κ3) is 16.4. The zero-order valence-electron chi connectivity index (χ0n) is 46.5. The van der Waals surface area contributed by atoms with E-state index in [4.69, 9.17) is 42.7 Å². The molecule has 4 rings (SSSR count). The number of aliphatic hydroxyl groups excluding tert-OH is 1. The van der Waals surface area contributed by atoms with E-state index in [1.807, 2.05) is 39.8 Å². The molecule has 18 atom stereocenters. The monoisotopic (exact) mass is 1030 g/mol. The molecule has 4 fully saturated rings. The van der Waals surface area contributed by atoms with E-state index in [0.29, 0.717) is 31.2 Å². The molecule has 0 aromatic carbocycles. The maximum atomic E-state index is 14.7. The fourth-order valence-electron chi connectivity index (χ4n) is 11.7. The highest BCUT2D eigenvalue weighted by Crippen LogP contribution is 2.42. The predicted molar refractivity (Wildman–Crippen MR) is 270 cm³/mol. The van der Waals surface area contributed by atoms with Crippen molar-refractivity contribution in [1.82, 2.24) is 15.8 Å². The van der Waals surface area contributed by atoms with E-state index in [1.54, 1.807) is 48.5 Å². The third-order valence-corrected chi connectivity index (χ3v) is 15.9. The summed E-state index contributed by atoms with van der Waals surface area (Å²) in [4.78, 5) is 48.5. The molecule has 1 saturated carbocycles. The van der Waals surface area contributed by atoms with Gasteiger partial charge in [-0.2, -0.15) is 0 Å². The Labute approximate surface area is 430 Å². The van der Waals surface area contributed by atoms with Crippen molar-refractivity contribution in [3.05, 3.63) is 0 Å². The van der Waals surface area contributed by atoms with Crippen LogP contribution in [0.25, 0.3) is 0 Å². The van der Waals surface area contributed by atoms with Gasteiger partial charge >= 0.3 is 18.0 Å². The molecule has 418 valence electrons. The summed E-state index contributed by atoms with van der Waals surface area (Å²) in [5.41, 5.74) is 1.06. The Morgan fingerprint density at radius 3 is 2.18 bits per heavy atom. The number of unbranched alkanes of at least 4 members (excludes halogenated alkanes) is 1. The normalized spacial score (nSPS) is 40.5. The number of cyclic esters (lactones) is 1. The number of hydrogen-bond acceptors (Lipinski definition) is 18. The van der Waals surface area contributed by atoms with Gasteiger partial charge in [-0.25, -0.2) is 10.2 Å². The van der Waals surface area contributed by atoms with Gasteiger partial charge in [-0.1, -0.05) is 78.3 Å². The summed E-state index contributed by atoms with van der Waals surface area (Å²) in [7, 11) is 5.27. The van der Waals surface area contributed by atoms with Crippen LogP contribution in [0, 0.1) is 29.6 Å². The fraction of sp³-hybridized carbons (Fsp3) is 0.925. The summed E-state index contributed by atoms with van der Waals surface area (Å²) < 4.78 is 51.1. The third-order valence-electron chi connectivity index (χ3n) is 15.9. The van der Waals surface area contributed by atoms with Crippen molar-refractivity contribution in [2.24, 2.45) is 34.7 Å². The first-order valence-corrected chi connectivity index (χ1v) is 27.0. The zero-order chi connectivity index (χ0) is 53.7. The number of hydrazine groups is 1. The first-order chi connectivity index (χ1) is 33.8. The molecule has 19 nitrogen and oxygen atoms in total. The van der Waals surface area contributed by atoms with Crippen LogP contribution in [0.4, 0.5) is 4.79 Å². The Hall–Kier alpha value is -2.72. The lowest BCUT2D eigenvalue weighted by molar-refractivity contribution is -0.318. The summed E-state index contributed by atoms with van der Waals surface area (Å²) in [6.07, 6.45) is -0.604. The number of methoxy groups -OCH3 is 1. The van der Waals surface area contributed by atoms with E-state index in [2.05, 4.69) is 16.0 Å². The molecular formula is C53H96N4O15. The molecule has 1 aliphatic carbocycles. The van der Waals surface area contributed by atoms with Gasteiger partial charge < -0.3 is 63.0 Å². The maximum Gasteiger partial charge on any atom is 0.422 e. The molecule has 19 heteroatoms. The number of hydrogen-bond donors (Lipinski definition) is 5. The second kappa shape index (κ2) is 27.9. The number of esters is 2. The summed E-state index contributed by atoms with van der Waals surface area (Å²) in [6.45, 7) is 21.6. The maximum absolute atomic E-state index is 14.7. The number of carbonyl (C=O) groups excluding carboxylic acids is 3. The van der Waals surface area contributed by atoms with E-state index in [1.165, 1.54) is 53.1 Å². The van der Waals surface area contributed by atoms with E-state index in [-0.39, 0.29) is 31.4 Å². The van der Waals surface area contributed by atoms with Gasteiger partial charge in [0.2, 0.25) is 0 Å². The largest absolute Gasteiger partial charge is 0.459 e. The summed E-state index contributed by atoms with van der Waals surface area (Å²) in [6, 6.07) is -0.386. The summed E-state index contributed by atoms with van der Waals surface area (Å²) in [5.74, 6) is -4.07. The van der Waals surface area contributed by atoms with Crippen molar-refractivity contribution in [2.45, 2.75) is 251 Å². The highest BCUT2D eigenvalue weighted by atomic mass is 16.7. The molecular weight excluding hydrogens is 933 g/mol. The number of ether oxygens (including phenoxy) is 8. The summed E-state index contributed by atoms with van der Waals surface area (Å²) >= 11 is 0. The molecule has 5 N–H and O–H groups in total. The van der Waals surface area contributed by atoms with Gasteiger partial charge in [0, 0.05) is 44.8 Å². The molecule has 0 bridgehead atoms. The lowest BCUT2D eigenvalue weighted by atomic mass is 9.73. The minimum absolute atomic E-state index is 0.0241. The average Bonchev–Trinajstić information content (AvgIpc) is 3.32. The Morgan fingerprint density at radius 2 is 1.57 bits per heavy atom. The predicted octanol–water partition coefficient (Wildman–Crippen LogP) is 6.56. The molecule has 3 saturated heterocycles. The molecule has 3 heterocycles. The number of aliphatic hydroxyl groups is 3. The highest BCUT2D eigenvalue weighted by Gasteiger charge is 2.55. The topological polar surface area (TPSA) is 235 Å².